The summed E-state index contributed by atoms with van der Waals surface area (Å²) in [7, 11) is 0. The Morgan fingerprint density at radius 1 is 0.971 bits per heavy atom. The van der Waals surface area contributed by atoms with Crippen LogP contribution in [0.4, 0.5) is 0 Å². The molecule has 4 aliphatic heterocycles. The van der Waals surface area contributed by atoms with Crippen LogP contribution in [0, 0.1) is 28.1 Å². The van der Waals surface area contributed by atoms with Gasteiger partial charge in [-0.1, -0.05) is 6.92 Å². The molecule has 34 heavy (non-hydrogen) atoms. The van der Waals surface area contributed by atoms with Gasteiger partial charge in [0.2, 0.25) is 0 Å². The summed E-state index contributed by atoms with van der Waals surface area (Å²) < 4.78 is 29.8. The van der Waals surface area contributed by atoms with Crippen LogP contribution in [0.2, 0.25) is 0 Å². The molecular formula is C26H30O8. The molecule has 0 amide bonds. The molecule has 7 rings (SSSR count). The van der Waals surface area contributed by atoms with Crippen molar-refractivity contribution in [2.75, 3.05) is 6.61 Å². The molecule has 8 heteroatoms. The third-order valence-electron chi connectivity index (χ3n) is 10.7. The van der Waals surface area contributed by atoms with Gasteiger partial charge in [0.1, 0.15) is 24.1 Å². The minimum Gasteiger partial charge on any atom is -0.472 e. The van der Waals surface area contributed by atoms with Crippen molar-refractivity contribution in [2.45, 2.75) is 82.9 Å². The quantitative estimate of drug-likeness (QED) is 0.455. The SMILES string of the molecule is CC1(C)OC2CC(=O)OCC23C1CC(=O)[C@]1(C)C3CC[C@@]2(C)C(c3ccoc3)OC(=O)[C@H]3O[C@]321. The van der Waals surface area contributed by atoms with Crippen molar-refractivity contribution in [1.82, 2.24) is 0 Å². The van der Waals surface area contributed by atoms with Gasteiger partial charge in [-0.2, -0.15) is 0 Å². The highest BCUT2D eigenvalue weighted by Gasteiger charge is 2.89. The second-order valence-electron chi connectivity index (χ2n) is 12.2. The Morgan fingerprint density at radius 2 is 1.76 bits per heavy atom. The molecule has 0 N–H and O–H groups in total. The lowest BCUT2D eigenvalue weighted by molar-refractivity contribution is -0.225. The van der Waals surface area contributed by atoms with Crippen LogP contribution in [0.3, 0.4) is 0 Å². The average Bonchev–Trinajstić information content (AvgIpc) is 3.26. The topological polar surface area (TPSA) is 105 Å². The van der Waals surface area contributed by atoms with Gasteiger partial charge in [-0.25, -0.2) is 4.79 Å². The number of esters is 2. The summed E-state index contributed by atoms with van der Waals surface area (Å²) in [6.45, 7) is 8.36. The standard InChI is InChI=1S/C26H30O8/c1-22(2)15-9-16(27)24(4)14(25(15)12-31-18(28)10-17(25)33-22)5-7-23(3)19(13-6-8-30-11-13)32-21(29)20-26(23,24)34-20/h6,8,11,14-15,17,19-20H,5,7,9-10,12H2,1-4H3/t14?,15?,17?,19?,20-,23+,24+,25?,26-/m1/s1. The minimum atomic E-state index is -0.976. The van der Waals surface area contributed by atoms with Gasteiger partial charge in [-0.3, -0.25) is 9.59 Å². The van der Waals surface area contributed by atoms with E-state index in [0.717, 1.165) is 12.0 Å². The Morgan fingerprint density at radius 3 is 2.50 bits per heavy atom. The second-order valence-corrected chi connectivity index (χ2v) is 12.2. The fourth-order valence-corrected chi connectivity index (χ4v) is 9.34. The Balaban J connectivity index is 1.41. The lowest BCUT2D eigenvalue weighted by atomic mass is 9.37. The molecule has 5 unspecified atom stereocenters. The van der Waals surface area contributed by atoms with Crippen molar-refractivity contribution >= 4 is 17.7 Å². The molecule has 0 aromatic carbocycles. The summed E-state index contributed by atoms with van der Waals surface area (Å²) in [5, 5.41) is 0. The van der Waals surface area contributed by atoms with Gasteiger partial charge in [0.15, 0.2) is 6.10 Å². The third-order valence-corrected chi connectivity index (χ3v) is 10.7. The summed E-state index contributed by atoms with van der Waals surface area (Å²) in [6.07, 6.45) is 3.46. The number of hydrogen-bond acceptors (Lipinski definition) is 8. The molecule has 6 aliphatic rings. The molecule has 2 saturated carbocycles. The van der Waals surface area contributed by atoms with Crippen LogP contribution >= 0.6 is 0 Å². The number of Topliss-reactive ketones (excluding diaryl/α,β-unsaturated/α-hetero) is 1. The number of hydrogen-bond donors (Lipinski definition) is 0. The molecule has 1 aromatic rings. The van der Waals surface area contributed by atoms with E-state index < -0.39 is 45.6 Å². The molecule has 2 spiro atoms. The van der Waals surface area contributed by atoms with Crippen LogP contribution in [0.1, 0.15) is 65.0 Å². The third kappa shape index (κ3) is 2.02. The molecule has 4 saturated heterocycles. The zero-order valence-electron chi connectivity index (χ0n) is 19.9. The number of fused-ring (bicyclic) bond motifs is 1. The first-order valence-electron chi connectivity index (χ1n) is 12.3. The molecule has 6 fully saturated rings. The Hall–Kier alpha value is -2.19. The van der Waals surface area contributed by atoms with E-state index in [2.05, 4.69) is 6.92 Å². The second kappa shape index (κ2) is 5.95. The Labute approximate surface area is 197 Å². The highest BCUT2D eigenvalue weighted by atomic mass is 16.7. The first kappa shape index (κ1) is 21.1. The molecule has 1 aromatic heterocycles. The number of cyclic esters (lactones) is 2. The van der Waals surface area contributed by atoms with Crippen LogP contribution in [-0.4, -0.2) is 47.7 Å². The van der Waals surface area contributed by atoms with Crippen molar-refractivity contribution in [2.24, 2.45) is 28.1 Å². The summed E-state index contributed by atoms with van der Waals surface area (Å²) >= 11 is 0. The average molecular weight is 471 g/mol. The summed E-state index contributed by atoms with van der Waals surface area (Å²) in [6, 6.07) is 1.81. The summed E-state index contributed by atoms with van der Waals surface area (Å²) in [5.74, 6) is -0.780. The van der Waals surface area contributed by atoms with Crippen LogP contribution < -0.4 is 0 Å². The van der Waals surface area contributed by atoms with E-state index in [0.29, 0.717) is 12.8 Å². The van der Waals surface area contributed by atoms with E-state index in [-0.39, 0.29) is 42.7 Å². The fraction of sp³-hybridized carbons (Fsp3) is 0.731. The number of epoxide rings is 1. The van der Waals surface area contributed by atoms with Crippen LogP contribution in [-0.2, 0) is 33.3 Å². The van der Waals surface area contributed by atoms with Gasteiger partial charge in [0, 0.05) is 28.7 Å². The summed E-state index contributed by atoms with van der Waals surface area (Å²) in [5.41, 5.74) is -2.78. The predicted molar refractivity (Wildman–Crippen MR) is 114 cm³/mol. The fourth-order valence-electron chi connectivity index (χ4n) is 9.34. The molecule has 5 heterocycles. The number of carbonyl (C=O) groups excluding carboxylic acids is 3. The van der Waals surface area contributed by atoms with Crippen molar-refractivity contribution in [1.29, 1.82) is 0 Å². The highest BCUT2D eigenvalue weighted by Crippen LogP contribution is 2.79. The molecule has 2 aliphatic carbocycles. The van der Waals surface area contributed by atoms with Gasteiger partial charge in [0.05, 0.1) is 36.1 Å². The first-order valence-corrected chi connectivity index (χ1v) is 12.3. The first-order chi connectivity index (χ1) is 16.0. The maximum atomic E-state index is 14.2. The number of ketones is 1. The van der Waals surface area contributed by atoms with E-state index in [1.54, 1.807) is 12.5 Å². The number of furan rings is 1. The molecule has 0 radical (unpaired) electrons. The zero-order chi connectivity index (χ0) is 23.9. The molecule has 8 nitrogen and oxygen atoms in total. The lowest BCUT2D eigenvalue weighted by Gasteiger charge is -2.65. The smallest absolute Gasteiger partial charge is 0.339 e. The van der Waals surface area contributed by atoms with E-state index in [1.807, 2.05) is 26.8 Å². The maximum absolute atomic E-state index is 14.2. The van der Waals surface area contributed by atoms with Gasteiger partial charge < -0.3 is 23.4 Å². The highest BCUT2D eigenvalue weighted by molar-refractivity contribution is 5.93. The number of rotatable bonds is 1. The van der Waals surface area contributed by atoms with Gasteiger partial charge in [0.25, 0.3) is 0 Å². The van der Waals surface area contributed by atoms with Crippen molar-refractivity contribution in [3.63, 3.8) is 0 Å². The van der Waals surface area contributed by atoms with Crippen molar-refractivity contribution in [3.8, 4) is 0 Å². The van der Waals surface area contributed by atoms with Gasteiger partial charge >= 0.3 is 11.9 Å². The van der Waals surface area contributed by atoms with E-state index in [1.165, 1.54) is 0 Å². The molecule has 9 atom stereocenters. The predicted octanol–water partition coefficient (Wildman–Crippen LogP) is 3.14. The van der Waals surface area contributed by atoms with Gasteiger partial charge in [-0.05, 0) is 45.6 Å². The Bertz CT molecular complexity index is 1120. The Kier molecular flexibility index (Phi) is 3.70. The molecule has 0 bridgehead atoms. The maximum Gasteiger partial charge on any atom is 0.339 e. The number of ether oxygens (including phenoxy) is 4. The molecule has 182 valence electrons. The largest absolute Gasteiger partial charge is 0.472 e. The van der Waals surface area contributed by atoms with E-state index >= 15 is 0 Å². The monoisotopic (exact) mass is 470 g/mol. The van der Waals surface area contributed by atoms with Crippen molar-refractivity contribution in [3.05, 3.63) is 24.2 Å². The minimum absolute atomic E-state index is 0.0677. The molecular weight excluding hydrogens is 440 g/mol. The summed E-state index contributed by atoms with van der Waals surface area (Å²) in [4.78, 5) is 39.7. The van der Waals surface area contributed by atoms with Crippen LogP contribution in [0.5, 0.6) is 0 Å². The van der Waals surface area contributed by atoms with E-state index in [4.69, 9.17) is 23.4 Å². The zero-order valence-corrected chi connectivity index (χ0v) is 19.9. The normalized spacial score (nSPS) is 52.4. The number of carbonyl (C=O) groups is 3. The van der Waals surface area contributed by atoms with Crippen LogP contribution in [0.25, 0.3) is 0 Å². The van der Waals surface area contributed by atoms with Gasteiger partial charge in [-0.15, -0.1) is 0 Å². The van der Waals surface area contributed by atoms with Crippen molar-refractivity contribution < 1.29 is 37.7 Å². The van der Waals surface area contributed by atoms with Crippen LogP contribution in [0.15, 0.2) is 23.0 Å². The van der Waals surface area contributed by atoms with E-state index in [9.17, 15) is 14.4 Å². The lowest BCUT2D eigenvalue weighted by Crippen LogP contribution is -2.72.